The van der Waals surface area contributed by atoms with Gasteiger partial charge in [0.1, 0.15) is 6.10 Å². The van der Waals surface area contributed by atoms with Gasteiger partial charge in [0.15, 0.2) is 0 Å². The summed E-state index contributed by atoms with van der Waals surface area (Å²) in [4.78, 5) is 9.45. The Morgan fingerprint density at radius 2 is 1.87 bits per heavy atom. The van der Waals surface area contributed by atoms with Gasteiger partial charge in [0.25, 0.3) is 0 Å². The van der Waals surface area contributed by atoms with Crippen molar-refractivity contribution in [1.82, 2.24) is 0 Å². The summed E-state index contributed by atoms with van der Waals surface area (Å²) in [5.41, 5.74) is 2.64. The fourth-order valence-electron chi connectivity index (χ4n) is 0.637. The summed E-state index contributed by atoms with van der Waals surface area (Å²) in [5.74, 6) is -1.19. The lowest BCUT2D eigenvalue weighted by atomic mass is 10.2. The molecular weight excluding hydrogens is 216 g/mol. The molecule has 0 saturated carbocycles. The number of benzene rings is 1. The Kier molecular flexibility index (Phi) is 7.32. The van der Waals surface area contributed by atoms with E-state index in [9.17, 15) is 4.79 Å². The molecule has 0 heterocycles. The van der Waals surface area contributed by atoms with E-state index < -0.39 is 12.1 Å². The maximum absolute atomic E-state index is 9.45. The molecule has 0 amide bonds. The van der Waals surface area contributed by atoms with Crippen LogP contribution in [0.5, 0.6) is 0 Å². The minimum absolute atomic E-state index is 1.13. The van der Waals surface area contributed by atoms with Gasteiger partial charge in [0.05, 0.1) is 0 Å². The third-order valence-electron chi connectivity index (χ3n) is 1.41. The van der Waals surface area contributed by atoms with E-state index in [1.807, 2.05) is 36.4 Å². The number of aliphatic carboxylic acids is 1. The number of hydrogen-bond donors (Lipinski definition) is 2. The van der Waals surface area contributed by atoms with Crippen molar-refractivity contribution in [1.29, 1.82) is 0 Å². The molecule has 3 nitrogen and oxygen atoms in total. The average molecular weight is 229 g/mol. The lowest BCUT2D eigenvalue weighted by Crippen LogP contribution is -2.13. The molecule has 0 spiro atoms. The Hall–Kier alpha value is -1.32. The highest BCUT2D eigenvalue weighted by Crippen LogP contribution is 2.00. The summed E-state index contributed by atoms with van der Waals surface area (Å²) >= 11 is 5.36. The van der Waals surface area contributed by atoms with Gasteiger partial charge in [-0.2, -0.15) is 0 Å². The molecule has 1 atom stereocenters. The Morgan fingerprint density at radius 1 is 1.40 bits per heavy atom. The fraction of sp³-hybridized carbons (Fsp3) is 0.182. The lowest BCUT2D eigenvalue weighted by molar-refractivity contribution is -0.145. The van der Waals surface area contributed by atoms with Crippen molar-refractivity contribution in [3.8, 4) is 0 Å². The molecule has 1 aromatic carbocycles. The Labute approximate surface area is 93.6 Å². The summed E-state index contributed by atoms with van der Waals surface area (Å²) in [6.45, 7) is 1.20. The molecule has 15 heavy (non-hydrogen) atoms. The van der Waals surface area contributed by atoms with Gasteiger partial charge in [-0.1, -0.05) is 41.9 Å². The lowest BCUT2D eigenvalue weighted by Gasteiger charge is -1.89. The van der Waals surface area contributed by atoms with Crippen molar-refractivity contribution in [3.05, 3.63) is 41.4 Å². The summed E-state index contributed by atoms with van der Waals surface area (Å²) in [6.07, 6.45) is 0.617. The second-order valence-electron chi connectivity index (χ2n) is 2.72. The number of rotatable bonds is 2. The van der Waals surface area contributed by atoms with Crippen LogP contribution in [0.4, 0.5) is 0 Å². The summed E-state index contributed by atoms with van der Waals surface area (Å²) in [5, 5.41) is 15.8. The average Bonchev–Trinajstić information content (AvgIpc) is 2.20. The molecule has 0 saturated heterocycles. The quantitative estimate of drug-likeness (QED) is 0.817. The number of carboxylic acids is 1. The normalized spacial score (nSPS) is 11.7. The number of carbonyl (C=O) groups is 1. The molecule has 0 fully saturated rings. The molecule has 0 aliphatic carbocycles. The van der Waals surface area contributed by atoms with E-state index in [2.05, 4.69) is 0 Å². The van der Waals surface area contributed by atoms with Crippen LogP contribution in [0.2, 0.25) is 0 Å². The second-order valence-corrected chi connectivity index (χ2v) is 2.97. The summed E-state index contributed by atoms with van der Waals surface area (Å²) in [7, 11) is 0. The number of aliphatic hydroxyl groups is 1. The number of aliphatic hydroxyl groups excluding tert-OH is 1. The van der Waals surface area contributed by atoms with Gasteiger partial charge in [-0.25, -0.2) is 4.79 Å². The van der Waals surface area contributed by atoms with E-state index in [-0.39, 0.29) is 0 Å². The van der Waals surface area contributed by atoms with Crippen molar-refractivity contribution in [2.75, 3.05) is 0 Å². The molecule has 0 aliphatic heterocycles. The van der Waals surface area contributed by atoms with E-state index in [1.54, 1.807) is 0 Å². The van der Waals surface area contributed by atoms with Crippen LogP contribution in [-0.4, -0.2) is 22.3 Å². The fourth-order valence-corrected chi connectivity index (χ4v) is 0.782. The van der Waals surface area contributed by atoms with Crippen LogP contribution in [0.1, 0.15) is 12.5 Å². The van der Waals surface area contributed by atoms with Crippen molar-refractivity contribution in [2.45, 2.75) is 13.0 Å². The standard InChI is InChI=1S/C8H7Cl.C3H6O3/c9-7-6-8-4-2-1-3-5-8;1-2(4)3(5)6/h1-7H;2,4H,1H3,(H,5,6). The SMILES string of the molecule is CC(O)C(=O)O.ClC=Cc1ccccc1. The monoisotopic (exact) mass is 228 g/mol. The van der Waals surface area contributed by atoms with Crippen LogP contribution in [-0.2, 0) is 4.79 Å². The smallest absolute Gasteiger partial charge is 0.332 e. The van der Waals surface area contributed by atoms with Crippen molar-refractivity contribution >= 4 is 23.6 Å². The van der Waals surface area contributed by atoms with Crippen LogP contribution in [0.25, 0.3) is 6.08 Å². The van der Waals surface area contributed by atoms with Gasteiger partial charge in [-0.3, -0.25) is 0 Å². The molecular formula is C11H13ClO3. The zero-order valence-corrected chi connectivity index (χ0v) is 9.06. The van der Waals surface area contributed by atoms with Gasteiger partial charge in [0, 0.05) is 5.54 Å². The van der Waals surface area contributed by atoms with Crippen molar-refractivity contribution in [2.24, 2.45) is 0 Å². The Bertz CT molecular complexity index is 307. The zero-order chi connectivity index (χ0) is 11.7. The second kappa shape index (κ2) is 8.03. The predicted molar refractivity (Wildman–Crippen MR) is 60.6 cm³/mol. The third-order valence-corrected chi connectivity index (χ3v) is 1.54. The van der Waals surface area contributed by atoms with Gasteiger partial charge in [-0.15, -0.1) is 0 Å². The summed E-state index contributed by atoms with van der Waals surface area (Å²) < 4.78 is 0. The highest BCUT2D eigenvalue weighted by Gasteiger charge is 2.01. The molecule has 4 heteroatoms. The molecule has 1 aromatic rings. The van der Waals surface area contributed by atoms with Crippen molar-refractivity contribution in [3.63, 3.8) is 0 Å². The van der Waals surface area contributed by atoms with Crippen LogP contribution >= 0.6 is 11.6 Å². The Balaban J connectivity index is 0.000000288. The highest BCUT2D eigenvalue weighted by molar-refractivity contribution is 6.27. The highest BCUT2D eigenvalue weighted by atomic mass is 35.5. The molecule has 1 unspecified atom stereocenters. The Morgan fingerprint density at radius 3 is 2.20 bits per heavy atom. The molecule has 1 rings (SSSR count). The molecule has 82 valence electrons. The van der Waals surface area contributed by atoms with Crippen molar-refractivity contribution < 1.29 is 15.0 Å². The first-order chi connectivity index (χ1) is 7.07. The first-order valence-electron chi connectivity index (χ1n) is 4.30. The number of carboxylic acid groups (broad SMARTS) is 1. The van der Waals surface area contributed by atoms with Gasteiger partial charge < -0.3 is 10.2 Å². The number of halogens is 1. The van der Waals surface area contributed by atoms with E-state index >= 15 is 0 Å². The maximum Gasteiger partial charge on any atom is 0.332 e. The van der Waals surface area contributed by atoms with Gasteiger partial charge in [0.2, 0.25) is 0 Å². The van der Waals surface area contributed by atoms with Crippen LogP contribution in [0.15, 0.2) is 35.9 Å². The third kappa shape index (κ3) is 7.73. The van der Waals surface area contributed by atoms with E-state index in [1.165, 1.54) is 12.5 Å². The van der Waals surface area contributed by atoms with Crippen LogP contribution in [0, 0.1) is 0 Å². The predicted octanol–water partition coefficient (Wildman–Crippen LogP) is 2.35. The van der Waals surface area contributed by atoms with Gasteiger partial charge >= 0.3 is 5.97 Å². The molecule has 0 aliphatic rings. The minimum atomic E-state index is -1.23. The van der Waals surface area contributed by atoms with Crippen LogP contribution < -0.4 is 0 Å². The molecule has 0 radical (unpaired) electrons. The molecule has 2 N–H and O–H groups in total. The molecule has 0 bridgehead atoms. The zero-order valence-electron chi connectivity index (χ0n) is 8.30. The van der Waals surface area contributed by atoms with E-state index in [0.29, 0.717) is 0 Å². The topological polar surface area (TPSA) is 57.5 Å². The summed E-state index contributed by atoms with van der Waals surface area (Å²) in [6, 6.07) is 9.93. The van der Waals surface area contributed by atoms with E-state index in [4.69, 9.17) is 21.8 Å². The number of hydrogen-bond acceptors (Lipinski definition) is 2. The first kappa shape index (κ1) is 13.7. The van der Waals surface area contributed by atoms with E-state index in [0.717, 1.165) is 5.56 Å². The maximum atomic E-state index is 9.45. The first-order valence-corrected chi connectivity index (χ1v) is 4.74. The minimum Gasteiger partial charge on any atom is -0.479 e. The van der Waals surface area contributed by atoms with Gasteiger partial charge in [-0.05, 0) is 18.6 Å². The molecule has 0 aromatic heterocycles. The largest absolute Gasteiger partial charge is 0.479 e. The van der Waals surface area contributed by atoms with Crippen LogP contribution in [0.3, 0.4) is 0 Å².